The lowest BCUT2D eigenvalue weighted by Gasteiger charge is -2.17. The largest absolute Gasteiger partial charge is 0.459 e. The molecule has 1 N–H and O–H groups in total. The standard InChI is InChI=1S/C18H18FNO/c1-3-20-18(14-9-6-7-12(2)17(14)19)16-11-13-8-4-5-10-15(13)21-16/h4-11,18,20H,3H2,1-2H3. The van der Waals surface area contributed by atoms with E-state index in [4.69, 9.17) is 4.42 Å². The fourth-order valence-corrected chi connectivity index (χ4v) is 2.61. The maximum absolute atomic E-state index is 14.4. The van der Waals surface area contributed by atoms with Gasteiger partial charge in [-0.3, -0.25) is 0 Å². The fraction of sp³-hybridized carbons (Fsp3) is 0.222. The number of halogens is 1. The van der Waals surface area contributed by atoms with Gasteiger partial charge in [0.15, 0.2) is 0 Å². The van der Waals surface area contributed by atoms with Gasteiger partial charge in [0.25, 0.3) is 0 Å². The van der Waals surface area contributed by atoms with Crippen molar-refractivity contribution < 1.29 is 8.81 Å². The molecule has 2 nitrogen and oxygen atoms in total. The van der Waals surface area contributed by atoms with E-state index in [0.717, 1.165) is 23.3 Å². The normalized spacial score (nSPS) is 12.7. The third-order valence-electron chi connectivity index (χ3n) is 3.67. The first kappa shape index (κ1) is 13.8. The lowest BCUT2D eigenvalue weighted by atomic mass is 10.0. The molecular formula is C18H18FNO. The third-order valence-corrected chi connectivity index (χ3v) is 3.67. The van der Waals surface area contributed by atoms with Gasteiger partial charge in [-0.1, -0.05) is 43.3 Å². The van der Waals surface area contributed by atoms with Crippen LogP contribution < -0.4 is 5.32 Å². The first-order chi connectivity index (χ1) is 10.2. The summed E-state index contributed by atoms with van der Waals surface area (Å²) in [6.07, 6.45) is 0. The highest BCUT2D eigenvalue weighted by molar-refractivity contribution is 5.78. The Labute approximate surface area is 123 Å². The van der Waals surface area contributed by atoms with Crippen molar-refractivity contribution in [1.29, 1.82) is 0 Å². The molecule has 2 aromatic carbocycles. The van der Waals surface area contributed by atoms with Crippen LogP contribution in [0.15, 0.2) is 52.9 Å². The van der Waals surface area contributed by atoms with Gasteiger partial charge >= 0.3 is 0 Å². The second-order valence-electron chi connectivity index (χ2n) is 5.16. The number of furan rings is 1. The molecule has 1 heterocycles. The van der Waals surface area contributed by atoms with Crippen LogP contribution in [0.25, 0.3) is 11.0 Å². The zero-order valence-corrected chi connectivity index (χ0v) is 12.2. The molecule has 3 heteroatoms. The summed E-state index contributed by atoms with van der Waals surface area (Å²) in [7, 11) is 0. The molecule has 0 amide bonds. The van der Waals surface area contributed by atoms with Crippen LogP contribution in [0.1, 0.15) is 29.9 Å². The van der Waals surface area contributed by atoms with E-state index in [9.17, 15) is 4.39 Å². The molecule has 0 fully saturated rings. The molecule has 3 aromatic rings. The Kier molecular flexibility index (Phi) is 3.76. The summed E-state index contributed by atoms with van der Waals surface area (Å²) in [5.74, 6) is 0.562. The summed E-state index contributed by atoms with van der Waals surface area (Å²) in [6, 6.07) is 15.0. The highest BCUT2D eigenvalue weighted by Crippen LogP contribution is 2.30. The zero-order valence-electron chi connectivity index (χ0n) is 12.2. The van der Waals surface area contributed by atoms with Crippen LogP contribution in [0.4, 0.5) is 4.39 Å². The predicted octanol–water partition coefficient (Wildman–Crippen LogP) is 4.58. The number of nitrogens with one attached hydrogen (secondary N) is 1. The third kappa shape index (κ3) is 2.57. The molecule has 0 aliphatic heterocycles. The minimum Gasteiger partial charge on any atom is -0.459 e. The van der Waals surface area contributed by atoms with Crippen LogP contribution in [-0.4, -0.2) is 6.54 Å². The highest BCUT2D eigenvalue weighted by Gasteiger charge is 2.21. The van der Waals surface area contributed by atoms with Gasteiger partial charge in [0.05, 0.1) is 6.04 Å². The Hall–Kier alpha value is -2.13. The minimum absolute atomic E-state index is 0.177. The number of para-hydroxylation sites is 1. The number of hydrogen-bond acceptors (Lipinski definition) is 2. The average Bonchev–Trinajstić information content (AvgIpc) is 2.91. The lowest BCUT2D eigenvalue weighted by molar-refractivity contribution is 0.461. The van der Waals surface area contributed by atoms with Gasteiger partial charge in [-0.2, -0.15) is 0 Å². The van der Waals surface area contributed by atoms with Crippen molar-refractivity contribution in [1.82, 2.24) is 5.32 Å². The van der Waals surface area contributed by atoms with Crippen LogP contribution in [0.3, 0.4) is 0 Å². The van der Waals surface area contributed by atoms with Crippen molar-refractivity contribution in [3.63, 3.8) is 0 Å². The molecule has 1 aromatic heterocycles. The van der Waals surface area contributed by atoms with Crippen molar-refractivity contribution in [2.24, 2.45) is 0 Å². The molecule has 0 radical (unpaired) electrons. The zero-order chi connectivity index (χ0) is 14.8. The molecule has 0 spiro atoms. The van der Waals surface area contributed by atoms with Crippen LogP contribution in [0, 0.1) is 12.7 Å². The summed E-state index contributed by atoms with van der Waals surface area (Å²) in [5, 5.41) is 4.34. The highest BCUT2D eigenvalue weighted by atomic mass is 19.1. The van der Waals surface area contributed by atoms with Crippen LogP contribution >= 0.6 is 0 Å². The van der Waals surface area contributed by atoms with E-state index in [0.29, 0.717) is 11.1 Å². The first-order valence-electron chi connectivity index (χ1n) is 7.17. The van der Waals surface area contributed by atoms with Gasteiger partial charge in [-0.15, -0.1) is 0 Å². The Morgan fingerprint density at radius 1 is 1.14 bits per heavy atom. The van der Waals surface area contributed by atoms with E-state index in [1.54, 1.807) is 13.0 Å². The van der Waals surface area contributed by atoms with Gasteiger partial charge in [-0.05, 0) is 31.2 Å². The molecule has 0 saturated heterocycles. The van der Waals surface area contributed by atoms with E-state index >= 15 is 0 Å². The maximum atomic E-state index is 14.4. The van der Waals surface area contributed by atoms with Crippen molar-refractivity contribution in [3.8, 4) is 0 Å². The fourth-order valence-electron chi connectivity index (χ4n) is 2.61. The van der Waals surface area contributed by atoms with Gasteiger partial charge < -0.3 is 9.73 Å². The second-order valence-corrected chi connectivity index (χ2v) is 5.16. The molecule has 0 saturated carbocycles. The summed E-state index contributed by atoms with van der Waals surface area (Å²) in [4.78, 5) is 0. The van der Waals surface area contributed by atoms with Gasteiger partial charge in [0.2, 0.25) is 0 Å². The molecule has 1 atom stereocenters. The Bertz CT molecular complexity index is 730. The molecule has 0 aliphatic carbocycles. The van der Waals surface area contributed by atoms with Crippen molar-refractivity contribution in [2.45, 2.75) is 19.9 Å². The average molecular weight is 283 g/mol. The van der Waals surface area contributed by atoms with E-state index in [1.165, 1.54) is 0 Å². The van der Waals surface area contributed by atoms with E-state index in [-0.39, 0.29) is 11.9 Å². The summed E-state index contributed by atoms with van der Waals surface area (Å²) >= 11 is 0. The van der Waals surface area contributed by atoms with E-state index in [2.05, 4.69) is 5.32 Å². The number of fused-ring (bicyclic) bond motifs is 1. The topological polar surface area (TPSA) is 25.2 Å². The maximum Gasteiger partial charge on any atom is 0.134 e. The molecule has 1 unspecified atom stereocenters. The molecule has 21 heavy (non-hydrogen) atoms. The molecular weight excluding hydrogens is 265 g/mol. The van der Waals surface area contributed by atoms with Crippen LogP contribution in [-0.2, 0) is 0 Å². The van der Waals surface area contributed by atoms with E-state index < -0.39 is 0 Å². The molecule has 3 rings (SSSR count). The number of aryl methyl sites for hydroxylation is 1. The Morgan fingerprint density at radius 2 is 1.95 bits per heavy atom. The van der Waals surface area contributed by atoms with Gasteiger partial charge in [0, 0.05) is 10.9 Å². The quantitative estimate of drug-likeness (QED) is 0.758. The van der Waals surface area contributed by atoms with Gasteiger partial charge in [0.1, 0.15) is 17.2 Å². The second kappa shape index (κ2) is 5.70. The lowest BCUT2D eigenvalue weighted by Crippen LogP contribution is -2.22. The summed E-state index contributed by atoms with van der Waals surface area (Å²) in [6.45, 7) is 4.51. The minimum atomic E-state index is -0.276. The van der Waals surface area contributed by atoms with Gasteiger partial charge in [-0.25, -0.2) is 4.39 Å². The number of rotatable bonds is 4. The van der Waals surface area contributed by atoms with Crippen molar-refractivity contribution in [2.75, 3.05) is 6.54 Å². The van der Waals surface area contributed by atoms with Crippen LogP contribution in [0.5, 0.6) is 0 Å². The SMILES string of the molecule is CCNC(c1cc2ccccc2o1)c1cccc(C)c1F. The molecule has 0 aliphatic rings. The van der Waals surface area contributed by atoms with Crippen molar-refractivity contribution in [3.05, 3.63) is 71.2 Å². The summed E-state index contributed by atoms with van der Waals surface area (Å²) in [5.41, 5.74) is 2.09. The Balaban J connectivity index is 2.10. The molecule has 0 bridgehead atoms. The Morgan fingerprint density at radius 3 is 2.71 bits per heavy atom. The number of hydrogen-bond donors (Lipinski definition) is 1. The smallest absolute Gasteiger partial charge is 0.134 e. The summed E-state index contributed by atoms with van der Waals surface area (Å²) < 4.78 is 20.3. The monoisotopic (exact) mass is 283 g/mol. The molecule has 108 valence electrons. The van der Waals surface area contributed by atoms with Crippen molar-refractivity contribution >= 4 is 11.0 Å². The predicted molar refractivity (Wildman–Crippen MR) is 82.9 cm³/mol. The van der Waals surface area contributed by atoms with E-state index in [1.807, 2.05) is 49.4 Å². The van der Waals surface area contributed by atoms with Crippen LogP contribution in [0.2, 0.25) is 0 Å². The number of benzene rings is 2. The first-order valence-corrected chi connectivity index (χ1v) is 7.17.